The maximum Gasteiger partial charge on any atom is 0.256 e. The lowest BCUT2D eigenvalue weighted by Crippen LogP contribution is -2.21. The number of carbonyl (C=O) groups excluding carboxylic acids is 1. The molecular weight excluding hydrogens is 366 g/mol. The van der Waals surface area contributed by atoms with Gasteiger partial charge < -0.3 is 4.74 Å². The molecule has 1 N–H and O–H groups in total. The Morgan fingerprint density at radius 3 is 3.05 bits per heavy atom. The van der Waals surface area contributed by atoms with E-state index in [0.717, 1.165) is 20.8 Å². The molecule has 7 heteroatoms. The van der Waals surface area contributed by atoms with Crippen molar-refractivity contribution in [1.82, 2.24) is 10.2 Å². The molecule has 112 valence electrons. The van der Waals surface area contributed by atoms with Crippen molar-refractivity contribution >= 4 is 44.4 Å². The summed E-state index contributed by atoms with van der Waals surface area (Å²) < 4.78 is 6.57. The highest BCUT2D eigenvalue weighted by Crippen LogP contribution is 2.42. The van der Waals surface area contributed by atoms with Crippen LogP contribution in [0.5, 0.6) is 5.75 Å². The number of halogens is 1. The summed E-state index contributed by atoms with van der Waals surface area (Å²) in [5.41, 5.74) is 1.47. The van der Waals surface area contributed by atoms with E-state index < -0.39 is 0 Å². The summed E-state index contributed by atoms with van der Waals surface area (Å²) in [5.74, 6) is 1.14. The third kappa shape index (κ3) is 2.78. The summed E-state index contributed by atoms with van der Waals surface area (Å²) in [6.45, 7) is 0.259. The molecule has 0 spiro atoms. The Hall–Kier alpha value is -1.73. The maximum atomic E-state index is 12.3. The largest absolute Gasteiger partial charge is 0.488 e. The Balaban J connectivity index is 1.52. The Kier molecular flexibility index (Phi) is 3.46. The standard InChI is InChI=1S/C15H12BrN3O2S/c16-11-3-4-12-9(6-11)5-10(7-21-12)13(20)17-15-19-18-14(22-15)8-1-2-8/h3-6,8H,1-2,7H2,(H,17,19,20). The number of nitrogens with zero attached hydrogens (tertiary/aromatic N) is 2. The van der Waals surface area contributed by atoms with Crippen molar-refractivity contribution in [3.8, 4) is 5.75 Å². The predicted molar refractivity (Wildman–Crippen MR) is 88.1 cm³/mol. The number of carbonyl (C=O) groups is 1. The minimum absolute atomic E-state index is 0.191. The number of amides is 1. The molecule has 0 radical (unpaired) electrons. The van der Waals surface area contributed by atoms with Crippen LogP contribution in [-0.4, -0.2) is 22.7 Å². The molecule has 2 aliphatic rings. The summed E-state index contributed by atoms with van der Waals surface area (Å²) in [7, 11) is 0. The van der Waals surface area contributed by atoms with E-state index in [1.165, 1.54) is 24.2 Å². The van der Waals surface area contributed by atoms with E-state index in [2.05, 4.69) is 31.4 Å². The zero-order valence-electron chi connectivity index (χ0n) is 11.5. The van der Waals surface area contributed by atoms with Crippen LogP contribution in [0, 0.1) is 0 Å². The van der Waals surface area contributed by atoms with Crippen LogP contribution in [0.1, 0.15) is 29.3 Å². The summed E-state index contributed by atoms with van der Waals surface area (Å²) in [5, 5.41) is 12.5. The molecule has 0 atom stereocenters. The number of nitrogens with one attached hydrogen (secondary N) is 1. The Morgan fingerprint density at radius 2 is 2.23 bits per heavy atom. The molecule has 1 fully saturated rings. The molecule has 5 nitrogen and oxygen atoms in total. The van der Waals surface area contributed by atoms with Gasteiger partial charge in [-0.1, -0.05) is 27.3 Å². The van der Waals surface area contributed by atoms with Gasteiger partial charge in [-0.3, -0.25) is 10.1 Å². The lowest BCUT2D eigenvalue weighted by molar-refractivity contribution is -0.113. The third-order valence-electron chi connectivity index (χ3n) is 3.56. The number of benzene rings is 1. The van der Waals surface area contributed by atoms with Crippen molar-refractivity contribution in [2.75, 3.05) is 11.9 Å². The average molecular weight is 378 g/mol. The molecule has 1 amide bonds. The molecule has 1 saturated carbocycles. The smallest absolute Gasteiger partial charge is 0.256 e. The van der Waals surface area contributed by atoms with Gasteiger partial charge in [0.25, 0.3) is 5.91 Å². The van der Waals surface area contributed by atoms with Gasteiger partial charge in [-0.25, -0.2) is 0 Å². The SMILES string of the molecule is O=C(Nc1nnc(C2CC2)s1)C1=Cc2cc(Br)ccc2OC1. The molecule has 2 aromatic rings. The zero-order valence-corrected chi connectivity index (χ0v) is 13.9. The van der Waals surface area contributed by atoms with Crippen molar-refractivity contribution in [2.45, 2.75) is 18.8 Å². The Bertz CT molecular complexity index is 783. The molecule has 2 heterocycles. The third-order valence-corrected chi connectivity index (χ3v) is 5.06. The van der Waals surface area contributed by atoms with Crippen molar-refractivity contribution < 1.29 is 9.53 Å². The minimum Gasteiger partial charge on any atom is -0.488 e. The normalized spacial score (nSPS) is 16.5. The quantitative estimate of drug-likeness (QED) is 0.887. The van der Waals surface area contributed by atoms with Gasteiger partial charge in [0.15, 0.2) is 0 Å². The van der Waals surface area contributed by atoms with E-state index in [1.54, 1.807) is 0 Å². The first-order chi connectivity index (χ1) is 10.7. The highest BCUT2D eigenvalue weighted by atomic mass is 79.9. The predicted octanol–water partition coefficient (Wildman–Crippen LogP) is 3.59. The molecule has 0 bridgehead atoms. The van der Waals surface area contributed by atoms with E-state index in [0.29, 0.717) is 16.6 Å². The molecular formula is C15H12BrN3O2S. The van der Waals surface area contributed by atoms with Gasteiger partial charge >= 0.3 is 0 Å². The number of fused-ring (bicyclic) bond motifs is 1. The lowest BCUT2D eigenvalue weighted by atomic mass is 10.1. The molecule has 0 saturated heterocycles. The second kappa shape index (κ2) is 5.48. The summed E-state index contributed by atoms with van der Waals surface area (Å²) >= 11 is 4.88. The molecule has 1 aliphatic carbocycles. The van der Waals surface area contributed by atoms with E-state index in [1.807, 2.05) is 24.3 Å². The zero-order chi connectivity index (χ0) is 15.1. The van der Waals surface area contributed by atoms with Crippen LogP contribution in [0.3, 0.4) is 0 Å². The Morgan fingerprint density at radius 1 is 1.36 bits per heavy atom. The van der Waals surface area contributed by atoms with Crippen molar-refractivity contribution in [1.29, 1.82) is 0 Å². The van der Waals surface area contributed by atoms with Crippen LogP contribution in [0.4, 0.5) is 5.13 Å². The average Bonchev–Trinajstić information content (AvgIpc) is 3.27. The number of hydrogen-bond donors (Lipinski definition) is 1. The first-order valence-corrected chi connectivity index (χ1v) is 8.57. The van der Waals surface area contributed by atoms with Gasteiger partial charge in [0.1, 0.15) is 17.4 Å². The van der Waals surface area contributed by atoms with E-state index >= 15 is 0 Å². The summed E-state index contributed by atoms with van der Waals surface area (Å²) in [6, 6.07) is 5.73. The van der Waals surface area contributed by atoms with Gasteiger partial charge in [-0.2, -0.15) is 0 Å². The monoisotopic (exact) mass is 377 g/mol. The topological polar surface area (TPSA) is 64.1 Å². The van der Waals surface area contributed by atoms with Gasteiger partial charge in [-0.15, -0.1) is 10.2 Å². The van der Waals surface area contributed by atoms with Crippen LogP contribution in [0.2, 0.25) is 0 Å². The van der Waals surface area contributed by atoms with E-state index in [-0.39, 0.29) is 12.5 Å². The second-order valence-corrected chi connectivity index (χ2v) is 7.24. The van der Waals surface area contributed by atoms with E-state index in [9.17, 15) is 4.79 Å². The van der Waals surface area contributed by atoms with Crippen LogP contribution in [-0.2, 0) is 4.79 Å². The fourth-order valence-corrected chi connectivity index (χ4v) is 3.52. The number of rotatable bonds is 3. The number of hydrogen-bond acceptors (Lipinski definition) is 5. The van der Waals surface area contributed by atoms with E-state index in [4.69, 9.17) is 4.74 Å². The summed E-state index contributed by atoms with van der Waals surface area (Å²) in [4.78, 5) is 12.3. The van der Waals surface area contributed by atoms with Crippen molar-refractivity contribution in [3.63, 3.8) is 0 Å². The Labute approximate surface area is 139 Å². The van der Waals surface area contributed by atoms with Crippen molar-refractivity contribution in [2.24, 2.45) is 0 Å². The van der Waals surface area contributed by atoms with Crippen molar-refractivity contribution in [3.05, 3.63) is 38.8 Å². The molecule has 1 aliphatic heterocycles. The van der Waals surface area contributed by atoms with Gasteiger partial charge in [0, 0.05) is 16.0 Å². The first kappa shape index (κ1) is 13.9. The number of ether oxygens (including phenoxy) is 1. The second-order valence-electron chi connectivity index (χ2n) is 5.31. The van der Waals surface area contributed by atoms with Gasteiger partial charge in [0.05, 0.1) is 5.57 Å². The highest BCUT2D eigenvalue weighted by Gasteiger charge is 2.28. The number of aromatic nitrogens is 2. The maximum absolute atomic E-state index is 12.3. The molecule has 0 unspecified atom stereocenters. The van der Waals surface area contributed by atoms with Crippen LogP contribution < -0.4 is 10.1 Å². The first-order valence-electron chi connectivity index (χ1n) is 6.97. The fourth-order valence-electron chi connectivity index (χ4n) is 2.24. The van der Waals surface area contributed by atoms with Gasteiger partial charge in [0.2, 0.25) is 5.13 Å². The molecule has 22 heavy (non-hydrogen) atoms. The fraction of sp³-hybridized carbons (Fsp3) is 0.267. The van der Waals surface area contributed by atoms with Crippen LogP contribution in [0.25, 0.3) is 6.08 Å². The minimum atomic E-state index is -0.191. The van der Waals surface area contributed by atoms with Crippen LogP contribution in [0.15, 0.2) is 28.2 Å². The summed E-state index contributed by atoms with van der Waals surface area (Å²) in [6.07, 6.45) is 4.20. The molecule has 1 aromatic carbocycles. The van der Waals surface area contributed by atoms with Gasteiger partial charge in [-0.05, 0) is 37.1 Å². The lowest BCUT2D eigenvalue weighted by Gasteiger charge is -2.17. The van der Waals surface area contributed by atoms with Crippen LogP contribution >= 0.6 is 27.3 Å². The molecule has 1 aromatic heterocycles. The number of anilines is 1. The molecule has 4 rings (SSSR count). The highest BCUT2D eigenvalue weighted by molar-refractivity contribution is 9.10.